The molecule has 0 unspecified atom stereocenters. The van der Waals surface area contributed by atoms with Crippen molar-refractivity contribution in [3.63, 3.8) is 0 Å². The zero-order chi connectivity index (χ0) is 25.0. The van der Waals surface area contributed by atoms with Crippen molar-refractivity contribution >= 4 is 5.97 Å². The van der Waals surface area contributed by atoms with Gasteiger partial charge in [0.15, 0.2) is 0 Å². The molecule has 2 aromatic carbocycles. The lowest BCUT2D eigenvalue weighted by Gasteiger charge is -2.44. The molecule has 0 radical (unpaired) electrons. The number of piperidine rings is 1. The van der Waals surface area contributed by atoms with E-state index >= 15 is 0 Å². The van der Waals surface area contributed by atoms with E-state index in [9.17, 15) is 15.2 Å². The van der Waals surface area contributed by atoms with Crippen LogP contribution >= 0.6 is 0 Å². The molecule has 5 heteroatoms. The van der Waals surface area contributed by atoms with E-state index in [-0.39, 0.29) is 11.3 Å². The van der Waals surface area contributed by atoms with Crippen LogP contribution in [0.5, 0.6) is 0 Å². The fourth-order valence-corrected chi connectivity index (χ4v) is 6.60. The summed E-state index contributed by atoms with van der Waals surface area (Å²) < 4.78 is 0. The van der Waals surface area contributed by atoms with E-state index in [2.05, 4.69) is 58.8 Å². The largest absolute Gasteiger partial charge is 0.481 e. The van der Waals surface area contributed by atoms with Crippen molar-refractivity contribution < 1.29 is 9.90 Å². The van der Waals surface area contributed by atoms with Crippen LogP contribution in [0.1, 0.15) is 67.6 Å². The molecule has 2 aromatic rings. The number of hydrogen-bond donors (Lipinski definition) is 2. The number of likely N-dealkylation sites (tertiary alicyclic amines) is 1. The molecule has 0 amide bonds. The highest BCUT2D eigenvalue weighted by atomic mass is 16.4. The highest BCUT2D eigenvalue weighted by molar-refractivity contribution is 5.70. The number of carboxylic acids is 1. The first kappa shape index (κ1) is 25.0. The smallest absolute Gasteiger partial charge is 0.306 e. The van der Waals surface area contributed by atoms with Gasteiger partial charge >= 0.3 is 5.97 Å². The fourth-order valence-electron chi connectivity index (χ4n) is 6.60. The second-order valence-corrected chi connectivity index (χ2v) is 11.6. The zero-order valence-corrected chi connectivity index (χ0v) is 21.2. The van der Waals surface area contributed by atoms with Crippen LogP contribution in [0.25, 0.3) is 0 Å². The van der Waals surface area contributed by atoms with Crippen LogP contribution < -0.4 is 5.32 Å². The Morgan fingerprint density at radius 1 is 1.06 bits per heavy atom. The lowest BCUT2D eigenvalue weighted by atomic mass is 9.73. The van der Waals surface area contributed by atoms with Gasteiger partial charge in [-0.2, -0.15) is 5.26 Å². The van der Waals surface area contributed by atoms with E-state index in [1.54, 1.807) is 0 Å². The number of nitriles is 1. The standard InChI is InChI=1S/C31H39N3O2/c32-20-25-6-4-5-24(17-25)19-31(22-33-29-18-28(29)26-7-2-1-3-8-26)13-15-34(16-14-31)21-23-9-11-27(12-10-23)30(35)36/h1-8,17,23,27-29,33H,9-16,18-19,21-22H2,(H,35,36)/t23-,27-,28-,29+/m0/s1. The van der Waals surface area contributed by atoms with Gasteiger partial charge in [-0.05, 0) is 99.0 Å². The Morgan fingerprint density at radius 3 is 2.50 bits per heavy atom. The highest BCUT2D eigenvalue weighted by Crippen LogP contribution is 2.43. The first-order valence-electron chi connectivity index (χ1n) is 13.8. The van der Waals surface area contributed by atoms with Crippen molar-refractivity contribution in [2.45, 2.75) is 63.3 Å². The van der Waals surface area contributed by atoms with Gasteiger partial charge in [0, 0.05) is 25.0 Å². The maximum atomic E-state index is 11.3. The molecule has 2 atom stereocenters. The molecule has 5 rings (SSSR count). The van der Waals surface area contributed by atoms with Crippen molar-refractivity contribution in [1.29, 1.82) is 5.26 Å². The van der Waals surface area contributed by atoms with Crippen LogP contribution in [0.2, 0.25) is 0 Å². The van der Waals surface area contributed by atoms with Crippen LogP contribution in [0, 0.1) is 28.6 Å². The van der Waals surface area contributed by atoms with Gasteiger partial charge in [-0.3, -0.25) is 4.79 Å². The molecule has 1 saturated heterocycles. The number of carbonyl (C=O) groups is 1. The monoisotopic (exact) mass is 485 g/mol. The van der Waals surface area contributed by atoms with Crippen molar-refractivity contribution in [3.05, 3.63) is 71.3 Å². The van der Waals surface area contributed by atoms with E-state index in [1.165, 1.54) is 17.5 Å². The molecule has 0 aromatic heterocycles. The molecule has 0 bridgehead atoms. The van der Waals surface area contributed by atoms with E-state index in [0.29, 0.717) is 17.9 Å². The normalized spacial score (nSPS) is 27.8. The maximum Gasteiger partial charge on any atom is 0.306 e. The van der Waals surface area contributed by atoms with Crippen LogP contribution in [0.4, 0.5) is 0 Å². The van der Waals surface area contributed by atoms with Crippen molar-refractivity contribution in [2.24, 2.45) is 17.3 Å². The summed E-state index contributed by atoms with van der Waals surface area (Å²) in [5.74, 6) is 0.518. The van der Waals surface area contributed by atoms with E-state index in [1.807, 2.05) is 12.1 Å². The van der Waals surface area contributed by atoms with Gasteiger partial charge in [0.25, 0.3) is 0 Å². The van der Waals surface area contributed by atoms with Crippen LogP contribution in [0.15, 0.2) is 54.6 Å². The van der Waals surface area contributed by atoms with Gasteiger partial charge in [-0.1, -0.05) is 42.5 Å². The van der Waals surface area contributed by atoms with E-state index < -0.39 is 5.97 Å². The molecule has 2 aliphatic carbocycles. The summed E-state index contributed by atoms with van der Waals surface area (Å²) in [5, 5.41) is 22.6. The van der Waals surface area contributed by atoms with Crippen LogP contribution in [0.3, 0.4) is 0 Å². The molecule has 2 N–H and O–H groups in total. The third-order valence-electron chi connectivity index (χ3n) is 9.02. The lowest BCUT2D eigenvalue weighted by Crippen LogP contribution is -2.48. The molecule has 190 valence electrons. The predicted octanol–water partition coefficient (Wildman–Crippen LogP) is 5.22. The summed E-state index contributed by atoms with van der Waals surface area (Å²) in [6, 6.07) is 21.9. The van der Waals surface area contributed by atoms with Crippen LogP contribution in [-0.2, 0) is 11.2 Å². The number of carboxylic acid groups (broad SMARTS) is 1. The Kier molecular flexibility index (Phi) is 7.74. The average Bonchev–Trinajstić information content (AvgIpc) is 3.70. The van der Waals surface area contributed by atoms with Gasteiger partial charge in [0.05, 0.1) is 17.6 Å². The Hall–Kier alpha value is -2.68. The minimum atomic E-state index is -0.616. The number of aliphatic carboxylic acids is 1. The first-order chi connectivity index (χ1) is 17.5. The Labute approximate surface area is 215 Å². The molecule has 5 nitrogen and oxygen atoms in total. The predicted molar refractivity (Wildman–Crippen MR) is 142 cm³/mol. The summed E-state index contributed by atoms with van der Waals surface area (Å²) >= 11 is 0. The molecule has 2 saturated carbocycles. The molecule has 3 fully saturated rings. The second-order valence-electron chi connectivity index (χ2n) is 11.6. The Bertz CT molecular complexity index is 1060. The third kappa shape index (κ3) is 6.17. The van der Waals surface area contributed by atoms with Gasteiger partial charge in [0.2, 0.25) is 0 Å². The number of benzene rings is 2. The minimum Gasteiger partial charge on any atom is -0.481 e. The first-order valence-corrected chi connectivity index (χ1v) is 13.8. The molecule has 1 heterocycles. The van der Waals surface area contributed by atoms with Crippen molar-refractivity contribution in [2.75, 3.05) is 26.2 Å². The summed E-state index contributed by atoms with van der Waals surface area (Å²) in [6.45, 7) is 4.34. The third-order valence-corrected chi connectivity index (χ3v) is 9.02. The highest BCUT2D eigenvalue weighted by Gasteiger charge is 2.41. The Morgan fingerprint density at radius 2 is 1.81 bits per heavy atom. The lowest BCUT2D eigenvalue weighted by molar-refractivity contribution is -0.143. The van der Waals surface area contributed by atoms with Gasteiger partial charge in [-0.25, -0.2) is 0 Å². The number of rotatable bonds is 9. The average molecular weight is 486 g/mol. The van der Waals surface area contributed by atoms with Gasteiger partial charge < -0.3 is 15.3 Å². The number of hydrogen-bond acceptors (Lipinski definition) is 4. The SMILES string of the molecule is N#Cc1cccc(CC2(CN[C@@H]3C[C@H]3c3ccccc3)CCN(C[C@H]3CC[C@H](C(=O)O)CC3)CC2)c1. The van der Waals surface area contributed by atoms with Gasteiger partial charge in [0.1, 0.15) is 0 Å². The van der Waals surface area contributed by atoms with Crippen molar-refractivity contribution in [1.82, 2.24) is 10.2 Å². The molecular formula is C31H39N3O2. The summed E-state index contributed by atoms with van der Waals surface area (Å²) in [7, 11) is 0. The Balaban J connectivity index is 1.19. The topological polar surface area (TPSA) is 76.4 Å². The molecule has 1 aliphatic heterocycles. The zero-order valence-electron chi connectivity index (χ0n) is 21.2. The van der Waals surface area contributed by atoms with Gasteiger partial charge in [-0.15, -0.1) is 0 Å². The summed E-state index contributed by atoms with van der Waals surface area (Å²) in [4.78, 5) is 13.9. The molecular weight excluding hydrogens is 446 g/mol. The maximum absolute atomic E-state index is 11.3. The van der Waals surface area contributed by atoms with Crippen LogP contribution in [-0.4, -0.2) is 48.2 Å². The summed E-state index contributed by atoms with van der Waals surface area (Å²) in [5.41, 5.74) is 3.66. The quantitative estimate of drug-likeness (QED) is 0.509. The van der Waals surface area contributed by atoms with E-state index in [4.69, 9.17) is 0 Å². The summed E-state index contributed by atoms with van der Waals surface area (Å²) in [6.07, 6.45) is 8.30. The molecule has 0 spiro atoms. The molecule has 36 heavy (non-hydrogen) atoms. The van der Waals surface area contributed by atoms with E-state index in [0.717, 1.165) is 76.7 Å². The number of nitrogens with zero attached hydrogens (tertiary/aromatic N) is 2. The fraction of sp³-hybridized carbons (Fsp3) is 0.548. The minimum absolute atomic E-state index is 0.132. The number of nitrogens with one attached hydrogen (secondary N) is 1. The molecule has 3 aliphatic rings. The van der Waals surface area contributed by atoms with Crippen molar-refractivity contribution in [3.8, 4) is 6.07 Å². The second kappa shape index (κ2) is 11.2.